The van der Waals surface area contributed by atoms with Gasteiger partial charge in [-0.25, -0.2) is 0 Å². The van der Waals surface area contributed by atoms with Crippen molar-refractivity contribution in [3.8, 4) is 0 Å². The molecule has 2 N–H and O–H groups in total. The normalized spacial score (nSPS) is 14.8. The summed E-state index contributed by atoms with van der Waals surface area (Å²) >= 11 is 0. The van der Waals surface area contributed by atoms with Gasteiger partial charge in [0.05, 0.1) is 0 Å². The molecule has 0 saturated carbocycles. The van der Waals surface area contributed by atoms with Gasteiger partial charge in [0.1, 0.15) is 0 Å². The fourth-order valence-corrected chi connectivity index (χ4v) is 0.823. The molecule has 1 heteroatoms. The molecule has 0 aliphatic rings. The van der Waals surface area contributed by atoms with E-state index in [9.17, 15) is 0 Å². The first-order valence-electron chi connectivity index (χ1n) is 5.08. The van der Waals surface area contributed by atoms with E-state index in [-0.39, 0.29) is 0 Å². The van der Waals surface area contributed by atoms with Crippen molar-refractivity contribution >= 4 is 0 Å². The average molecular weight is 203 g/mol. The van der Waals surface area contributed by atoms with Gasteiger partial charge in [0.15, 0.2) is 0 Å². The number of hydrogen-bond acceptors (Lipinski definition) is 1. The lowest BCUT2D eigenvalue weighted by Crippen LogP contribution is -1.88. The van der Waals surface area contributed by atoms with Gasteiger partial charge in [0.2, 0.25) is 0 Å². The van der Waals surface area contributed by atoms with Crippen LogP contribution in [0.2, 0.25) is 0 Å². The standard InChI is InChI=1S/C14H21N/c1-6-11(2)7-8-12(3)13(4)9-10-14(5)15/h6-10H,3,15H2,1-2,4-5H3/b8-7-,11-6-,13-9+,14-10+. The molecule has 1 nitrogen and oxygen atoms in total. The first-order chi connectivity index (χ1) is 6.97. The monoisotopic (exact) mass is 203 g/mol. The number of hydrogen-bond donors (Lipinski definition) is 1. The molecular weight excluding hydrogens is 182 g/mol. The molecule has 0 spiro atoms. The highest BCUT2D eigenvalue weighted by molar-refractivity contribution is 5.40. The van der Waals surface area contributed by atoms with Crippen LogP contribution in [-0.4, -0.2) is 0 Å². The van der Waals surface area contributed by atoms with E-state index >= 15 is 0 Å². The minimum absolute atomic E-state index is 0.802. The largest absolute Gasteiger partial charge is 0.402 e. The van der Waals surface area contributed by atoms with Gasteiger partial charge in [0.25, 0.3) is 0 Å². The van der Waals surface area contributed by atoms with Crippen molar-refractivity contribution in [1.82, 2.24) is 0 Å². The van der Waals surface area contributed by atoms with E-state index in [1.807, 2.05) is 39.0 Å². The predicted molar refractivity (Wildman–Crippen MR) is 69.4 cm³/mol. The number of rotatable bonds is 4. The smallest absolute Gasteiger partial charge is 0.00489 e. The highest BCUT2D eigenvalue weighted by Crippen LogP contribution is 2.10. The van der Waals surface area contributed by atoms with Crippen LogP contribution in [-0.2, 0) is 0 Å². The van der Waals surface area contributed by atoms with Gasteiger partial charge in [-0.1, -0.05) is 36.5 Å². The van der Waals surface area contributed by atoms with Crippen molar-refractivity contribution in [2.24, 2.45) is 5.73 Å². The van der Waals surface area contributed by atoms with E-state index in [1.165, 1.54) is 5.57 Å². The second-order valence-electron chi connectivity index (χ2n) is 3.65. The van der Waals surface area contributed by atoms with Crippen LogP contribution in [0.5, 0.6) is 0 Å². The molecule has 0 radical (unpaired) electrons. The van der Waals surface area contributed by atoms with Crippen molar-refractivity contribution in [3.05, 3.63) is 59.4 Å². The summed E-state index contributed by atoms with van der Waals surface area (Å²) in [4.78, 5) is 0. The van der Waals surface area contributed by atoms with E-state index in [4.69, 9.17) is 5.73 Å². The maximum Gasteiger partial charge on any atom is 0.00489 e. The lowest BCUT2D eigenvalue weighted by Gasteiger charge is -1.99. The third-order valence-electron chi connectivity index (χ3n) is 2.11. The second-order valence-corrected chi connectivity index (χ2v) is 3.65. The zero-order valence-corrected chi connectivity index (χ0v) is 10.2. The molecule has 0 bridgehead atoms. The molecule has 0 saturated heterocycles. The SMILES string of the molecule is C=C(/C=C\C(C)=C/C)/C(C)=C/C=C(\C)N. The Hall–Kier alpha value is -1.50. The van der Waals surface area contributed by atoms with Gasteiger partial charge in [-0.3, -0.25) is 0 Å². The summed E-state index contributed by atoms with van der Waals surface area (Å²) in [7, 11) is 0. The molecule has 0 aromatic carbocycles. The lowest BCUT2D eigenvalue weighted by atomic mass is 10.1. The van der Waals surface area contributed by atoms with Crippen molar-refractivity contribution in [1.29, 1.82) is 0 Å². The van der Waals surface area contributed by atoms with Crippen LogP contribution in [0.25, 0.3) is 0 Å². The molecular formula is C14H21N. The van der Waals surface area contributed by atoms with Crippen LogP contribution in [0, 0.1) is 0 Å². The molecule has 0 aromatic heterocycles. The quantitative estimate of drug-likeness (QED) is 0.689. The molecule has 0 unspecified atom stereocenters. The van der Waals surface area contributed by atoms with Crippen LogP contribution >= 0.6 is 0 Å². The Morgan fingerprint density at radius 3 is 2.13 bits per heavy atom. The van der Waals surface area contributed by atoms with Gasteiger partial charge in [-0.15, -0.1) is 0 Å². The zero-order chi connectivity index (χ0) is 11.8. The summed E-state index contributed by atoms with van der Waals surface area (Å²) in [5.41, 5.74) is 9.71. The van der Waals surface area contributed by atoms with Gasteiger partial charge in [0, 0.05) is 5.70 Å². The van der Waals surface area contributed by atoms with Crippen molar-refractivity contribution in [3.63, 3.8) is 0 Å². The van der Waals surface area contributed by atoms with Gasteiger partial charge in [-0.05, 0) is 44.9 Å². The van der Waals surface area contributed by atoms with Crippen LogP contribution < -0.4 is 5.73 Å². The van der Waals surface area contributed by atoms with Crippen LogP contribution in [0.3, 0.4) is 0 Å². The van der Waals surface area contributed by atoms with Crippen molar-refractivity contribution in [2.75, 3.05) is 0 Å². The molecule has 0 heterocycles. The summed E-state index contributed by atoms with van der Waals surface area (Å²) in [6.07, 6.45) is 10.00. The third-order valence-corrected chi connectivity index (χ3v) is 2.11. The molecule has 82 valence electrons. The number of allylic oxidation sites excluding steroid dienone is 9. The van der Waals surface area contributed by atoms with Crippen LogP contribution in [0.1, 0.15) is 27.7 Å². The molecule has 0 amide bonds. The van der Waals surface area contributed by atoms with E-state index in [1.54, 1.807) is 0 Å². The van der Waals surface area contributed by atoms with Crippen LogP contribution in [0.15, 0.2) is 59.4 Å². The molecule has 0 aliphatic heterocycles. The average Bonchev–Trinajstić information content (AvgIpc) is 2.21. The first kappa shape index (κ1) is 13.5. The predicted octanol–water partition coefficient (Wildman–Crippen LogP) is 3.87. The Kier molecular flexibility index (Phi) is 6.19. The van der Waals surface area contributed by atoms with E-state index < -0.39 is 0 Å². The number of nitrogens with two attached hydrogens (primary N) is 1. The van der Waals surface area contributed by atoms with Crippen molar-refractivity contribution in [2.45, 2.75) is 27.7 Å². The van der Waals surface area contributed by atoms with Crippen LogP contribution in [0.4, 0.5) is 0 Å². The Balaban J connectivity index is 4.54. The zero-order valence-electron chi connectivity index (χ0n) is 10.2. The molecule has 0 aliphatic carbocycles. The topological polar surface area (TPSA) is 26.0 Å². The molecule has 0 fully saturated rings. The summed E-state index contributed by atoms with van der Waals surface area (Å²) in [5, 5.41) is 0. The van der Waals surface area contributed by atoms with Gasteiger partial charge >= 0.3 is 0 Å². The minimum Gasteiger partial charge on any atom is -0.402 e. The summed E-state index contributed by atoms with van der Waals surface area (Å²) < 4.78 is 0. The fourth-order valence-electron chi connectivity index (χ4n) is 0.823. The van der Waals surface area contributed by atoms with E-state index in [0.717, 1.165) is 16.8 Å². The Morgan fingerprint density at radius 2 is 1.67 bits per heavy atom. The minimum atomic E-state index is 0.802. The Morgan fingerprint density at radius 1 is 1.07 bits per heavy atom. The third kappa shape index (κ3) is 6.55. The fraction of sp³-hybridized carbons (Fsp3) is 0.286. The molecule has 15 heavy (non-hydrogen) atoms. The summed E-state index contributed by atoms with van der Waals surface area (Å²) in [5.74, 6) is 0. The highest BCUT2D eigenvalue weighted by Gasteiger charge is 1.90. The highest BCUT2D eigenvalue weighted by atomic mass is 14.5. The van der Waals surface area contributed by atoms with Crippen molar-refractivity contribution < 1.29 is 0 Å². The van der Waals surface area contributed by atoms with Gasteiger partial charge < -0.3 is 5.73 Å². The van der Waals surface area contributed by atoms with Gasteiger partial charge in [-0.2, -0.15) is 0 Å². The summed E-state index contributed by atoms with van der Waals surface area (Å²) in [6.45, 7) is 12.0. The molecule has 0 rings (SSSR count). The lowest BCUT2D eigenvalue weighted by molar-refractivity contribution is 1.31. The second kappa shape index (κ2) is 6.88. The Bertz CT molecular complexity index is 334. The molecule has 0 atom stereocenters. The maximum atomic E-state index is 5.54. The van der Waals surface area contributed by atoms with E-state index in [2.05, 4.69) is 25.7 Å². The first-order valence-corrected chi connectivity index (χ1v) is 5.08. The molecule has 0 aromatic rings. The summed E-state index contributed by atoms with van der Waals surface area (Å²) in [6, 6.07) is 0. The Labute approximate surface area is 93.4 Å². The van der Waals surface area contributed by atoms with E-state index in [0.29, 0.717) is 0 Å². The maximum absolute atomic E-state index is 5.54.